The molecule has 3 nitrogen and oxygen atoms in total. The summed E-state index contributed by atoms with van der Waals surface area (Å²) in [5.74, 6) is 1.06. The molecule has 1 aromatic rings. The van der Waals surface area contributed by atoms with Gasteiger partial charge in [-0.1, -0.05) is 19.9 Å². The molecule has 0 amide bonds. The lowest BCUT2D eigenvalue weighted by Gasteiger charge is -2.26. The van der Waals surface area contributed by atoms with Crippen molar-refractivity contribution < 1.29 is 0 Å². The van der Waals surface area contributed by atoms with E-state index in [0.717, 1.165) is 37.3 Å². The monoisotopic (exact) mass is 221 g/mol. The Balaban J connectivity index is 2.97. The van der Waals surface area contributed by atoms with Crippen molar-refractivity contribution in [1.29, 1.82) is 0 Å². The second kappa shape index (κ2) is 6.48. The summed E-state index contributed by atoms with van der Waals surface area (Å²) in [6.07, 6.45) is 4.11. The van der Waals surface area contributed by atoms with Gasteiger partial charge in [0.05, 0.1) is 0 Å². The highest BCUT2D eigenvalue weighted by Crippen LogP contribution is 2.22. The van der Waals surface area contributed by atoms with Crippen LogP contribution in [0, 0.1) is 0 Å². The minimum Gasteiger partial charge on any atom is -0.356 e. The van der Waals surface area contributed by atoms with Crippen molar-refractivity contribution in [3.8, 4) is 0 Å². The van der Waals surface area contributed by atoms with Gasteiger partial charge in [-0.15, -0.1) is 0 Å². The van der Waals surface area contributed by atoms with E-state index < -0.39 is 0 Å². The Bertz CT molecular complexity index is 304. The molecule has 0 aliphatic rings. The van der Waals surface area contributed by atoms with E-state index in [2.05, 4.69) is 29.8 Å². The zero-order valence-corrected chi connectivity index (χ0v) is 10.6. The topological polar surface area (TPSA) is 42.2 Å². The summed E-state index contributed by atoms with van der Waals surface area (Å²) in [7, 11) is 0. The van der Waals surface area contributed by atoms with Crippen molar-refractivity contribution >= 4 is 5.82 Å². The first-order valence-corrected chi connectivity index (χ1v) is 6.16. The number of nitrogens with zero attached hydrogens (tertiary/aromatic N) is 2. The molecule has 0 spiro atoms. The molecule has 0 aliphatic carbocycles. The smallest absolute Gasteiger partial charge is 0.133 e. The highest BCUT2D eigenvalue weighted by atomic mass is 15.2. The molecule has 90 valence electrons. The van der Waals surface area contributed by atoms with Gasteiger partial charge >= 0.3 is 0 Å². The molecule has 0 aliphatic heterocycles. The predicted octanol–water partition coefficient (Wildman–Crippen LogP) is 2.73. The van der Waals surface area contributed by atoms with Gasteiger partial charge in [-0.2, -0.15) is 0 Å². The average Bonchev–Trinajstić information content (AvgIpc) is 2.29. The summed E-state index contributed by atoms with van der Waals surface area (Å²) in [4.78, 5) is 6.82. The average molecular weight is 221 g/mol. The quantitative estimate of drug-likeness (QED) is 0.803. The molecule has 0 fully saturated rings. The summed E-state index contributed by atoms with van der Waals surface area (Å²) in [6, 6.07) is 4.07. The van der Waals surface area contributed by atoms with Crippen molar-refractivity contribution in [3.63, 3.8) is 0 Å². The fourth-order valence-corrected chi connectivity index (χ4v) is 1.89. The summed E-state index contributed by atoms with van der Waals surface area (Å²) >= 11 is 0. The van der Waals surface area contributed by atoms with Gasteiger partial charge in [0.2, 0.25) is 0 Å². The predicted molar refractivity (Wildman–Crippen MR) is 69.6 cm³/mol. The van der Waals surface area contributed by atoms with Crippen LogP contribution in [0.2, 0.25) is 0 Å². The number of nitrogens with two attached hydrogens (primary N) is 1. The van der Waals surface area contributed by atoms with E-state index >= 15 is 0 Å². The number of hydrogen-bond acceptors (Lipinski definition) is 3. The maximum atomic E-state index is 5.98. The van der Waals surface area contributed by atoms with Crippen LogP contribution in [0.1, 0.15) is 45.2 Å². The van der Waals surface area contributed by atoms with Gasteiger partial charge in [0.1, 0.15) is 5.82 Å². The molecule has 3 heteroatoms. The molecule has 0 saturated carbocycles. The largest absolute Gasteiger partial charge is 0.356 e. The molecule has 1 unspecified atom stereocenters. The molecule has 16 heavy (non-hydrogen) atoms. The van der Waals surface area contributed by atoms with E-state index in [1.54, 1.807) is 0 Å². The molecule has 1 heterocycles. The van der Waals surface area contributed by atoms with Crippen molar-refractivity contribution in [2.75, 3.05) is 18.0 Å². The van der Waals surface area contributed by atoms with E-state index in [-0.39, 0.29) is 6.04 Å². The van der Waals surface area contributed by atoms with Crippen LogP contribution < -0.4 is 10.6 Å². The van der Waals surface area contributed by atoms with Gasteiger partial charge in [0.25, 0.3) is 0 Å². The van der Waals surface area contributed by atoms with Crippen LogP contribution in [0.4, 0.5) is 5.82 Å². The molecule has 0 radical (unpaired) electrons. The third-order valence-corrected chi connectivity index (χ3v) is 2.59. The van der Waals surface area contributed by atoms with Gasteiger partial charge < -0.3 is 10.6 Å². The van der Waals surface area contributed by atoms with E-state index in [1.807, 2.05) is 19.2 Å². The van der Waals surface area contributed by atoms with E-state index in [1.165, 1.54) is 0 Å². The van der Waals surface area contributed by atoms with Crippen LogP contribution in [0.15, 0.2) is 18.3 Å². The van der Waals surface area contributed by atoms with Gasteiger partial charge in [0.15, 0.2) is 0 Å². The molecule has 1 rings (SSSR count). The highest BCUT2D eigenvalue weighted by molar-refractivity contribution is 5.48. The molecule has 2 N–H and O–H groups in total. The summed E-state index contributed by atoms with van der Waals surface area (Å²) in [5.41, 5.74) is 7.12. The lowest BCUT2D eigenvalue weighted by molar-refractivity contribution is 0.715. The fraction of sp³-hybridized carbons (Fsp3) is 0.615. The van der Waals surface area contributed by atoms with Crippen molar-refractivity contribution in [2.24, 2.45) is 5.73 Å². The van der Waals surface area contributed by atoms with Crippen LogP contribution in [-0.2, 0) is 0 Å². The highest BCUT2D eigenvalue weighted by Gasteiger charge is 2.13. The van der Waals surface area contributed by atoms with Crippen molar-refractivity contribution in [2.45, 2.75) is 39.7 Å². The lowest BCUT2D eigenvalue weighted by atomic mass is 10.1. The molecule has 0 aromatic carbocycles. The van der Waals surface area contributed by atoms with Crippen LogP contribution >= 0.6 is 0 Å². The zero-order chi connectivity index (χ0) is 12.0. The number of rotatable bonds is 6. The normalized spacial score (nSPS) is 12.5. The van der Waals surface area contributed by atoms with Crippen molar-refractivity contribution in [1.82, 2.24) is 4.98 Å². The van der Waals surface area contributed by atoms with Gasteiger partial charge in [-0.3, -0.25) is 0 Å². The number of anilines is 1. The molecule has 1 atom stereocenters. The Labute approximate surface area is 98.7 Å². The minimum absolute atomic E-state index is 0.0416. The summed E-state index contributed by atoms with van der Waals surface area (Å²) < 4.78 is 0. The molecular weight excluding hydrogens is 198 g/mol. The Kier molecular flexibility index (Phi) is 5.26. The Morgan fingerprint density at radius 1 is 1.31 bits per heavy atom. The van der Waals surface area contributed by atoms with Gasteiger partial charge in [0, 0.05) is 30.9 Å². The number of pyridine rings is 1. The zero-order valence-electron chi connectivity index (χ0n) is 10.6. The molecule has 0 bridgehead atoms. The standard InChI is InChI=1S/C13H23N3/c1-4-9-16(10-5-2)13-12(11(3)14)7-6-8-15-13/h6-8,11H,4-5,9-10,14H2,1-3H3. The molecule has 1 aromatic heterocycles. The second-order valence-electron chi connectivity index (χ2n) is 4.19. The Hall–Kier alpha value is -1.09. The van der Waals surface area contributed by atoms with E-state index in [0.29, 0.717) is 0 Å². The second-order valence-corrected chi connectivity index (χ2v) is 4.19. The van der Waals surface area contributed by atoms with Gasteiger partial charge in [-0.05, 0) is 25.8 Å². The number of aromatic nitrogens is 1. The van der Waals surface area contributed by atoms with Crippen LogP contribution in [-0.4, -0.2) is 18.1 Å². The first-order chi connectivity index (χ1) is 7.70. The molecular formula is C13H23N3. The summed E-state index contributed by atoms with van der Waals surface area (Å²) in [6.45, 7) is 8.49. The maximum Gasteiger partial charge on any atom is 0.133 e. The van der Waals surface area contributed by atoms with Crippen LogP contribution in [0.5, 0.6) is 0 Å². The van der Waals surface area contributed by atoms with E-state index in [4.69, 9.17) is 5.73 Å². The van der Waals surface area contributed by atoms with Crippen LogP contribution in [0.25, 0.3) is 0 Å². The van der Waals surface area contributed by atoms with E-state index in [9.17, 15) is 0 Å². The summed E-state index contributed by atoms with van der Waals surface area (Å²) in [5, 5.41) is 0. The number of hydrogen-bond donors (Lipinski definition) is 1. The van der Waals surface area contributed by atoms with Crippen LogP contribution in [0.3, 0.4) is 0 Å². The maximum absolute atomic E-state index is 5.98. The Morgan fingerprint density at radius 3 is 2.44 bits per heavy atom. The molecule has 0 saturated heterocycles. The van der Waals surface area contributed by atoms with Gasteiger partial charge in [-0.25, -0.2) is 4.98 Å². The SMILES string of the molecule is CCCN(CCC)c1ncccc1C(C)N. The third kappa shape index (κ3) is 3.20. The minimum atomic E-state index is 0.0416. The third-order valence-electron chi connectivity index (χ3n) is 2.59. The fourth-order valence-electron chi connectivity index (χ4n) is 1.89. The lowest BCUT2D eigenvalue weighted by Crippen LogP contribution is -2.28. The first kappa shape index (κ1) is 13.0. The first-order valence-electron chi connectivity index (χ1n) is 6.16. The van der Waals surface area contributed by atoms with Crippen molar-refractivity contribution in [3.05, 3.63) is 23.9 Å². The Morgan fingerprint density at radius 2 is 1.94 bits per heavy atom.